The number of fused-ring (bicyclic) bond motifs is 2. The Morgan fingerprint density at radius 3 is 2.60 bits per heavy atom. The number of hydrogen-bond donors (Lipinski definition) is 0. The van der Waals surface area contributed by atoms with Gasteiger partial charge in [-0.05, 0) is 75.8 Å². The number of likely N-dealkylation sites (N-methyl/N-ethyl adjacent to an activating group) is 2. The van der Waals surface area contributed by atoms with E-state index in [4.69, 9.17) is 23.7 Å². The minimum absolute atomic E-state index is 0.0129. The van der Waals surface area contributed by atoms with E-state index in [-0.39, 0.29) is 12.7 Å². The third-order valence-electron chi connectivity index (χ3n) is 7.23. The van der Waals surface area contributed by atoms with Crippen LogP contribution < -0.4 is 28.6 Å². The maximum atomic E-state index is 13.6. The molecule has 0 saturated heterocycles. The highest BCUT2D eigenvalue weighted by atomic mass is 32.2. The Balaban J connectivity index is 1.13. The summed E-state index contributed by atoms with van der Waals surface area (Å²) >= 11 is 1.56. The number of thioether (sulfide) groups is 1. The van der Waals surface area contributed by atoms with E-state index in [1.165, 1.54) is 0 Å². The van der Waals surface area contributed by atoms with E-state index in [0.29, 0.717) is 24.7 Å². The van der Waals surface area contributed by atoms with Crippen LogP contribution in [-0.2, 0) is 9.54 Å². The van der Waals surface area contributed by atoms with Crippen molar-refractivity contribution >= 4 is 23.4 Å². The van der Waals surface area contributed by atoms with Crippen LogP contribution in [0.4, 0.5) is 5.69 Å². The molecule has 1 atom stereocenters. The molecule has 0 spiro atoms. The normalized spacial score (nSPS) is 17.6. The standard InChI is InChI=1S/C31H36N2O6S/c1-31(30(34)33(3)25-9-5-6-10-29(25)40-31)24-19-22(35-4)11-13-26(24)37-17-8-7-15-32(2)16-18-36-23-12-14-27-28(20-23)39-21-38-27/h5-6,9-14,19-20H,7-8,15-18,21H2,1-4H3. The highest BCUT2D eigenvalue weighted by Crippen LogP contribution is 2.52. The summed E-state index contributed by atoms with van der Waals surface area (Å²) in [5.74, 6) is 3.68. The smallest absolute Gasteiger partial charge is 0.247 e. The van der Waals surface area contributed by atoms with Gasteiger partial charge in [0, 0.05) is 30.1 Å². The van der Waals surface area contributed by atoms with Gasteiger partial charge >= 0.3 is 0 Å². The number of nitrogens with zero attached hydrogens (tertiary/aromatic N) is 2. The molecule has 9 heteroatoms. The van der Waals surface area contributed by atoms with Crippen LogP contribution in [0.3, 0.4) is 0 Å². The first kappa shape index (κ1) is 28.0. The maximum absolute atomic E-state index is 13.6. The molecule has 2 aliphatic rings. The summed E-state index contributed by atoms with van der Waals surface area (Å²) in [5.41, 5.74) is 1.74. The molecule has 40 heavy (non-hydrogen) atoms. The quantitative estimate of drug-likeness (QED) is 0.264. The molecule has 2 heterocycles. The van der Waals surface area contributed by atoms with Crippen molar-refractivity contribution in [2.75, 3.05) is 59.2 Å². The Morgan fingerprint density at radius 2 is 1.75 bits per heavy atom. The number of rotatable bonds is 12. The lowest BCUT2D eigenvalue weighted by molar-refractivity contribution is -0.120. The van der Waals surface area contributed by atoms with Gasteiger partial charge in [-0.15, -0.1) is 11.8 Å². The number of anilines is 1. The zero-order valence-electron chi connectivity index (χ0n) is 23.5. The predicted octanol–water partition coefficient (Wildman–Crippen LogP) is 5.58. The molecule has 8 nitrogen and oxygen atoms in total. The fourth-order valence-corrected chi connectivity index (χ4v) is 6.27. The molecule has 3 aromatic carbocycles. The molecule has 0 radical (unpaired) electrons. The molecule has 0 N–H and O–H groups in total. The lowest BCUT2D eigenvalue weighted by Gasteiger charge is -2.39. The van der Waals surface area contributed by atoms with Crippen molar-refractivity contribution in [2.24, 2.45) is 0 Å². The third-order valence-corrected chi connectivity index (χ3v) is 8.60. The monoisotopic (exact) mass is 564 g/mol. The molecule has 2 aliphatic heterocycles. The molecule has 3 aromatic rings. The molecule has 0 saturated carbocycles. The first-order chi connectivity index (χ1) is 19.4. The maximum Gasteiger partial charge on any atom is 0.247 e. The Labute approximate surface area is 240 Å². The number of hydrogen-bond acceptors (Lipinski definition) is 8. The summed E-state index contributed by atoms with van der Waals surface area (Å²) in [6.45, 7) is 5.11. The minimum atomic E-state index is -0.842. The summed E-state index contributed by atoms with van der Waals surface area (Å²) in [7, 11) is 5.55. The van der Waals surface area contributed by atoms with Gasteiger partial charge in [-0.2, -0.15) is 0 Å². The number of para-hydroxylation sites is 1. The Bertz CT molecular complexity index is 1350. The molecule has 5 rings (SSSR count). The first-order valence-corrected chi connectivity index (χ1v) is 14.3. The third kappa shape index (κ3) is 5.95. The molecule has 212 valence electrons. The van der Waals surface area contributed by atoms with Gasteiger partial charge in [0.05, 0.1) is 19.4 Å². The van der Waals surface area contributed by atoms with Gasteiger partial charge in [-0.1, -0.05) is 12.1 Å². The van der Waals surface area contributed by atoms with Crippen LogP contribution in [0.1, 0.15) is 25.3 Å². The van der Waals surface area contributed by atoms with E-state index in [2.05, 4.69) is 18.0 Å². The van der Waals surface area contributed by atoms with E-state index in [1.54, 1.807) is 23.8 Å². The van der Waals surface area contributed by atoms with Crippen LogP contribution in [0.2, 0.25) is 0 Å². The Hall–Kier alpha value is -3.56. The van der Waals surface area contributed by atoms with Gasteiger partial charge in [-0.3, -0.25) is 4.79 Å². The summed E-state index contributed by atoms with van der Waals surface area (Å²) in [6.07, 6.45) is 1.87. The summed E-state index contributed by atoms with van der Waals surface area (Å²) in [4.78, 5) is 18.7. The van der Waals surface area contributed by atoms with Crippen LogP contribution >= 0.6 is 11.8 Å². The van der Waals surface area contributed by atoms with Crippen LogP contribution in [0.15, 0.2) is 65.6 Å². The molecule has 1 unspecified atom stereocenters. The molecule has 0 aromatic heterocycles. The van der Waals surface area contributed by atoms with E-state index in [9.17, 15) is 4.79 Å². The van der Waals surface area contributed by atoms with Crippen molar-refractivity contribution in [2.45, 2.75) is 29.4 Å². The SMILES string of the molecule is COc1ccc(OCCCCN(C)CCOc2ccc3c(c2)OCO3)c(C2(C)Sc3ccccc3N(C)C2=O)c1. The number of methoxy groups -OCH3 is 1. The summed E-state index contributed by atoms with van der Waals surface area (Å²) < 4.78 is 27.6. The van der Waals surface area contributed by atoms with E-state index in [1.807, 2.05) is 68.6 Å². The van der Waals surface area contributed by atoms with Gasteiger partial charge in [-0.25, -0.2) is 0 Å². The van der Waals surface area contributed by atoms with Crippen LogP contribution in [0.25, 0.3) is 0 Å². The largest absolute Gasteiger partial charge is 0.497 e. The number of amides is 1. The van der Waals surface area contributed by atoms with Crippen molar-refractivity contribution in [3.8, 4) is 28.7 Å². The highest BCUT2D eigenvalue weighted by molar-refractivity contribution is 8.01. The van der Waals surface area contributed by atoms with Crippen LogP contribution in [0, 0.1) is 0 Å². The van der Waals surface area contributed by atoms with E-state index < -0.39 is 4.75 Å². The lowest BCUT2D eigenvalue weighted by Crippen LogP contribution is -2.44. The topological polar surface area (TPSA) is 69.7 Å². The minimum Gasteiger partial charge on any atom is -0.497 e. The van der Waals surface area contributed by atoms with E-state index >= 15 is 0 Å². The van der Waals surface area contributed by atoms with Gasteiger partial charge < -0.3 is 33.5 Å². The number of ether oxygens (including phenoxy) is 5. The highest BCUT2D eigenvalue weighted by Gasteiger charge is 2.45. The van der Waals surface area contributed by atoms with E-state index in [0.717, 1.165) is 59.3 Å². The zero-order chi connectivity index (χ0) is 28.1. The van der Waals surface area contributed by atoms with Crippen molar-refractivity contribution in [3.63, 3.8) is 0 Å². The Kier molecular flexibility index (Phi) is 8.61. The number of carbonyl (C=O) groups excluding carboxylic acids is 1. The van der Waals surface area contributed by atoms with Gasteiger partial charge in [0.25, 0.3) is 0 Å². The molecular formula is C31H36N2O6S. The fraction of sp³-hybridized carbons (Fsp3) is 0.387. The summed E-state index contributed by atoms with van der Waals surface area (Å²) in [6, 6.07) is 19.3. The molecule has 0 bridgehead atoms. The number of benzene rings is 3. The zero-order valence-corrected chi connectivity index (χ0v) is 24.3. The van der Waals surface area contributed by atoms with Crippen LogP contribution in [-0.4, -0.2) is 65.1 Å². The molecule has 0 aliphatic carbocycles. The summed E-state index contributed by atoms with van der Waals surface area (Å²) in [5, 5.41) is 0. The average Bonchev–Trinajstić information content (AvgIpc) is 3.44. The molecule has 0 fully saturated rings. The Morgan fingerprint density at radius 1 is 0.950 bits per heavy atom. The fourth-order valence-electron chi connectivity index (χ4n) is 4.88. The van der Waals surface area contributed by atoms with Gasteiger partial charge in [0.2, 0.25) is 12.7 Å². The second-order valence-electron chi connectivity index (χ2n) is 10.1. The van der Waals surface area contributed by atoms with Crippen molar-refractivity contribution in [1.29, 1.82) is 0 Å². The lowest BCUT2D eigenvalue weighted by atomic mass is 9.96. The second-order valence-corrected chi connectivity index (χ2v) is 11.5. The first-order valence-electron chi connectivity index (χ1n) is 13.5. The van der Waals surface area contributed by atoms with Gasteiger partial charge in [0.15, 0.2) is 11.5 Å². The second kappa shape index (κ2) is 12.3. The van der Waals surface area contributed by atoms with Crippen molar-refractivity contribution in [3.05, 3.63) is 66.2 Å². The van der Waals surface area contributed by atoms with Gasteiger partial charge in [0.1, 0.15) is 28.6 Å². The molecule has 1 amide bonds. The van der Waals surface area contributed by atoms with Crippen molar-refractivity contribution < 1.29 is 28.5 Å². The van der Waals surface area contributed by atoms with Crippen LogP contribution in [0.5, 0.6) is 28.7 Å². The number of unbranched alkanes of at least 4 members (excludes halogenated alkanes) is 1. The number of carbonyl (C=O) groups is 1. The van der Waals surface area contributed by atoms with Crippen molar-refractivity contribution in [1.82, 2.24) is 4.90 Å². The molecular weight excluding hydrogens is 528 g/mol. The average molecular weight is 565 g/mol. The predicted molar refractivity (Wildman–Crippen MR) is 156 cm³/mol.